The highest BCUT2D eigenvalue weighted by molar-refractivity contribution is 9.10. The molecule has 19 heavy (non-hydrogen) atoms. The quantitative estimate of drug-likeness (QED) is 0.851. The van der Waals surface area contributed by atoms with E-state index in [9.17, 15) is 9.59 Å². The first kappa shape index (κ1) is 14.3. The molecule has 2 rings (SSSR count). The summed E-state index contributed by atoms with van der Waals surface area (Å²) in [7, 11) is 0. The van der Waals surface area contributed by atoms with Crippen LogP contribution >= 0.6 is 27.5 Å². The monoisotopic (exact) mass is 344 g/mol. The van der Waals surface area contributed by atoms with Crippen molar-refractivity contribution < 1.29 is 9.59 Å². The molecule has 4 nitrogen and oxygen atoms in total. The van der Waals surface area contributed by atoms with Crippen LogP contribution in [0, 0.1) is 0 Å². The van der Waals surface area contributed by atoms with E-state index in [1.807, 2.05) is 6.07 Å². The van der Waals surface area contributed by atoms with Crippen LogP contribution in [0.1, 0.15) is 20.3 Å². The first-order valence-electron chi connectivity index (χ1n) is 5.89. The minimum absolute atomic E-state index is 0.130. The van der Waals surface area contributed by atoms with E-state index in [0.29, 0.717) is 17.3 Å². The van der Waals surface area contributed by atoms with Crippen molar-refractivity contribution in [2.75, 3.05) is 11.4 Å². The van der Waals surface area contributed by atoms with Gasteiger partial charge >= 0.3 is 0 Å². The van der Waals surface area contributed by atoms with Crippen molar-refractivity contribution in [1.82, 2.24) is 5.32 Å². The Morgan fingerprint density at radius 1 is 1.37 bits per heavy atom. The van der Waals surface area contributed by atoms with Crippen LogP contribution in [-0.4, -0.2) is 23.9 Å². The molecule has 1 aliphatic heterocycles. The molecule has 1 saturated heterocycles. The molecule has 1 aromatic rings. The summed E-state index contributed by atoms with van der Waals surface area (Å²) >= 11 is 9.51. The van der Waals surface area contributed by atoms with E-state index in [0.717, 1.165) is 4.47 Å². The number of nitrogens with one attached hydrogen (secondary N) is 1. The molecule has 0 atom stereocenters. The van der Waals surface area contributed by atoms with Crippen molar-refractivity contribution in [3.8, 4) is 0 Å². The van der Waals surface area contributed by atoms with Crippen LogP contribution in [0.4, 0.5) is 5.69 Å². The van der Waals surface area contributed by atoms with Crippen LogP contribution in [0.5, 0.6) is 0 Å². The van der Waals surface area contributed by atoms with E-state index in [4.69, 9.17) is 11.6 Å². The second-order valence-electron chi connectivity index (χ2n) is 4.98. The van der Waals surface area contributed by atoms with Gasteiger partial charge in [0.2, 0.25) is 5.91 Å². The number of hydrogen-bond acceptors (Lipinski definition) is 2. The summed E-state index contributed by atoms with van der Waals surface area (Å²) in [6.45, 7) is 3.71. The zero-order valence-corrected chi connectivity index (χ0v) is 13.0. The van der Waals surface area contributed by atoms with E-state index in [2.05, 4.69) is 21.2 Å². The highest BCUT2D eigenvalue weighted by Crippen LogP contribution is 2.31. The van der Waals surface area contributed by atoms with Crippen molar-refractivity contribution >= 4 is 45.0 Å². The smallest absolute Gasteiger partial charge is 0.252 e. The highest BCUT2D eigenvalue weighted by Gasteiger charge is 2.37. The van der Waals surface area contributed by atoms with Crippen LogP contribution in [0.2, 0.25) is 5.02 Å². The Kier molecular flexibility index (Phi) is 3.87. The SMILES string of the molecule is CC1(C)NC(=O)CCN(c2ccc(Br)cc2Cl)C1=O. The molecular weight excluding hydrogens is 332 g/mol. The van der Waals surface area contributed by atoms with Gasteiger partial charge in [0.05, 0.1) is 10.7 Å². The lowest BCUT2D eigenvalue weighted by molar-refractivity contribution is -0.128. The number of benzene rings is 1. The average molecular weight is 346 g/mol. The number of hydrogen-bond donors (Lipinski definition) is 1. The van der Waals surface area contributed by atoms with Gasteiger partial charge in [-0.2, -0.15) is 0 Å². The summed E-state index contributed by atoms with van der Waals surface area (Å²) in [6, 6.07) is 5.33. The predicted molar refractivity (Wildman–Crippen MR) is 78.3 cm³/mol. The Bertz CT molecular complexity index is 545. The lowest BCUT2D eigenvalue weighted by Gasteiger charge is -2.29. The van der Waals surface area contributed by atoms with Crippen molar-refractivity contribution in [1.29, 1.82) is 0 Å². The van der Waals surface area contributed by atoms with Crippen molar-refractivity contribution in [2.45, 2.75) is 25.8 Å². The molecule has 6 heteroatoms. The van der Waals surface area contributed by atoms with Gasteiger partial charge in [0, 0.05) is 17.4 Å². The van der Waals surface area contributed by atoms with Gasteiger partial charge in [-0.3, -0.25) is 9.59 Å². The summed E-state index contributed by atoms with van der Waals surface area (Å²) in [6.07, 6.45) is 0.265. The number of carbonyl (C=O) groups is 2. The van der Waals surface area contributed by atoms with E-state index >= 15 is 0 Å². The Morgan fingerprint density at radius 2 is 2.05 bits per heavy atom. The second-order valence-corrected chi connectivity index (χ2v) is 6.30. The summed E-state index contributed by atoms with van der Waals surface area (Å²) in [5.41, 5.74) is -0.302. The van der Waals surface area contributed by atoms with Crippen LogP contribution in [0.15, 0.2) is 22.7 Å². The zero-order valence-electron chi connectivity index (χ0n) is 10.7. The van der Waals surface area contributed by atoms with E-state index in [1.165, 1.54) is 0 Å². The molecule has 1 fully saturated rings. The summed E-state index contributed by atoms with van der Waals surface area (Å²) in [5.74, 6) is -0.295. The minimum Gasteiger partial charge on any atom is -0.342 e. The summed E-state index contributed by atoms with van der Waals surface area (Å²) < 4.78 is 0.844. The maximum Gasteiger partial charge on any atom is 0.252 e. The first-order chi connectivity index (χ1) is 8.81. The zero-order chi connectivity index (χ0) is 14.2. The largest absolute Gasteiger partial charge is 0.342 e. The van der Waals surface area contributed by atoms with E-state index < -0.39 is 5.54 Å². The summed E-state index contributed by atoms with van der Waals surface area (Å²) in [5, 5.41) is 3.20. The molecule has 0 radical (unpaired) electrons. The molecule has 0 aliphatic carbocycles. The predicted octanol–water partition coefficient (Wildman–Crippen LogP) is 2.73. The van der Waals surface area contributed by atoms with Crippen LogP contribution in [0.25, 0.3) is 0 Å². The van der Waals surface area contributed by atoms with E-state index in [1.54, 1.807) is 30.9 Å². The molecule has 1 aromatic carbocycles. The summed E-state index contributed by atoms with van der Waals surface area (Å²) in [4.78, 5) is 25.7. The van der Waals surface area contributed by atoms with Gasteiger partial charge in [-0.05, 0) is 32.0 Å². The van der Waals surface area contributed by atoms with Gasteiger partial charge in [0.25, 0.3) is 5.91 Å². The number of carbonyl (C=O) groups excluding carboxylic acids is 2. The molecular formula is C13H14BrClN2O2. The van der Waals surface area contributed by atoms with Crippen molar-refractivity contribution in [3.63, 3.8) is 0 Å². The number of amides is 2. The molecule has 0 spiro atoms. The number of nitrogens with zero attached hydrogens (tertiary/aromatic N) is 1. The number of anilines is 1. The fourth-order valence-corrected chi connectivity index (χ4v) is 2.82. The van der Waals surface area contributed by atoms with Gasteiger partial charge in [0.1, 0.15) is 5.54 Å². The third-order valence-electron chi connectivity index (χ3n) is 2.99. The molecule has 102 valence electrons. The average Bonchev–Trinajstić information content (AvgIpc) is 2.38. The molecule has 0 unspecified atom stereocenters. The fourth-order valence-electron chi connectivity index (χ4n) is 2.05. The molecule has 0 saturated carbocycles. The van der Waals surface area contributed by atoms with Crippen molar-refractivity contribution in [2.24, 2.45) is 0 Å². The highest BCUT2D eigenvalue weighted by atomic mass is 79.9. The Labute approximate surface area is 125 Å². The standard InChI is InChI=1S/C13H14BrClN2O2/c1-13(2)12(19)17(6-5-11(18)16-13)10-4-3-8(14)7-9(10)15/h3-4,7H,5-6H2,1-2H3,(H,16,18). The van der Waals surface area contributed by atoms with Gasteiger partial charge in [-0.1, -0.05) is 27.5 Å². The third-order valence-corrected chi connectivity index (χ3v) is 3.79. The second kappa shape index (κ2) is 5.13. The first-order valence-corrected chi connectivity index (χ1v) is 7.06. The van der Waals surface area contributed by atoms with Gasteiger partial charge < -0.3 is 10.2 Å². The molecule has 1 aliphatic rings. The van der Waals surface area contributed by atoms with Crippen LogP contribution < -0.4 is 10.2 Å². The maximum atomic E-state index is 12.5. The lowest BCUT2D eigenvalue weighted by Crippen LogP contribution is -2.53. The van der Waals surface area contributed by atoms with E-state index in [-0.39, 0.29) is 18.2 Å². The fraction of sp³-hybridized carbons (Fsp3) is 0.385. The molecule has 1 heterocycles. The number of rotatable bonds is 1. The Balaban J connectivity index is 2.42. The van der Waals surface area contributed by atoms with Gasteiger partial charge in [0.15, 0.2) is 0 Å². The maximum absolute atomic E-state index is 12.5. The van der Waals surface area contributed by atoms with Crippen molar-refractivity contribution in [3.05, 3.63) is 27.7 Å². The molecule has 0 bridgehead atoms. The number of halogens is 2. The lowest BCUT2D eigenvalue weighted by atomic mass is 10.0. The normalized spacial score (nSPS) is 19.1. The third kappa shape index (κ3) is 2.92. The van der Waals surface area contributed by atoms with Crippen LogP contribution in [0.3, 0.4) is 0 Å². The van der Waals surface area contributed by atoms with Gasteiger partial charge in [-0.25, -0.2) is 0 Å². The molecule has 0 aromatic heterocycles. The molecule has 2 amide bonds. The minimum atomic E-state index is -0.927. The van der Waals surface area contributed by atoms with Gasteiger partial charge in [-0.15, -0.1) is 0 Å². The molecule has 1 N–H and O–H groups in total. The Hall–Kier alpha value is -1.07. The topological polar surface area (TPSA) is 49.4 Å². The Morgan fingerprint density at radius 3 is 2.68 bits per heavy atom. The van der Waals surface area contributed by atoms with Crippen LogP contribution in [-0.2, 0) is 9.59 Å².